The van der Waals surface area contributed by atoms with Crippen molar-refractivity contribution in [2.45, 2.75) is 19.4 Å². The molecule has 192 valence electrons. The van der Waals surface area contributed by atoms with Gasteiger partial charge in [-0.05, 0) is 104 Å². The van der Waals surface area contributed by atoms with Gasteiger partial charge in [0.15, 0.2) is 11.7 Å². The minimum Gasteiger partial charge on any atom is -0.383 e. The van der Waals surface area contributed by atoms with Crippen LogP contribution in [0.25, 0.3) is 0 Å². The molecule has 0 aromatic heterocycles. The molecule has 0 radical (unpaired) electrons. The summed E-state index contributed by atoms with van der Waals surface area (Å²) in [5, 5.41) is 0. The van der Waals surface area contributed by atoms with Crippen molar-refractivity contribution in [3.63, 3.8) is 0 Å². The summed E-state index contributed by atoms with van der Waals surface area (Å²) >= 11 is 0. The molecule has 0 saturated heterocycles. The van der Waals surface area contributed by atoms with Gasteiger partial charge < -0.3 is 5.73 Å². The average Bonchev–Trinajstić information content (AvgIpc) is 2.89. The van der Waals surface area contributed by atoms with E-state index in [4.69, 9.17) is 15.7 Å². The normalized spacial score (nSPS) is 13.1. The van der Waals surface area contributed by atoms with E-state index in [0.29, 0.717) is 22.3 Å². The van der Waals surface area contributed by atoms with Crippen molar-refractivity contribution in [2.24, 2.45) is 20.7 Å². The Morgan fingerprint density at radius 2 is 0.895 bits per heavy atom. The SMILES string of the molecule is CC(C)(N=C(N=C(N=C(N)c1ccc(F)cc1)c1ccc(F)cc1)c1ccc(F)cc1)c1ccc(F)cc1. The van der Waals surface area contributed by atoms with Gasteiger partial charge in [0.2, 0.25) is 0 Å². The van der Waals surface area contributed by atoms with E-state index in [-0.39, 0.29) is 23.3 Å². The van der Waals surface area contributed by atoms with Crippen molar-refractivity contribution in [2.75, 3.05) is 0 Å². The summed E-state index contributed by atoms with van der Waals surface area (Å²) in [6.07, 6.45) is 0. The van der Waals surface area contributed by atoms with Crippen molar-refractivity contribution in [3.8, 4) is 0 Å². The molecular formula is C30H24F4N4. The number of amidine groups is 3. The van der Waals surface area contributed by atoms with Crippen LogP contribution < -0.4 is 5.73 Å². The van der Waals surface area contributed by atoms with Gasteiger partial charge in [-0.25, -0.2) is 27.5 Å². The number of halogens is 4. The molecule has 8 heteroatoms. The molecule has 0 amide bonds. The number of nitrogens with zero attached hydrogens (tertiary/aromatic N) is 3. The van der Waals surface area contributed by atoms with Gasteiger partial charge in [0.1, 0.15) is 29.1 Å². The third kappa shape index (κ3) is 6.59. The van der Waals surface area contributed by atoms with Crippen molar-refractivity contribution >= 4 is 17.5 Å². The first-order chi connectivity index (χ1) is 18.1. The van der Waals surface area contributed by atoms with Crippen LogP contribution in [0.4, 0.5) is 17.6 Å². The van der Waals surface area contributed by atoms with Crippen LogP contribution in [-0.2, 0) is 5.54 Å². The van der Waals surface area contributed by atoms with Crippen LogP contribution in [0.15, 0.2) is 112 Å². The molecule has 0 saturated carbocycles. The molecule has 0 aliphatic carbocycles. The van der Waals surface area contributed by atoms with Crippen molar-refractivity contribution in [3.05, 3.63) is 143 Å². The third-order valence-electron chi connectivity index (χ3n) is 5.72. The van der Waals surface area contributed by atoms with Gasteiger partial charge in [0, 0.05) is 16.7 Å². The first-order valence-electron chi connectivity index (χ1n) is 11.7. The van der Waals surface area contributed by atoms with Gasteiger partial charge >= 0.3 is 0 Å². The van der Waals surface area contributed by atoms with Crippen LogP contribution in [0.2, 0.25) is 0 Å². The molecule has 0 atom stereocenters. The van der Waals surface area contributed by atoms with Crippen molar-refractivity contribution in [1.29, 1.82) is 0 Å². The number of hydrogen-bond donors (Lipinski definition) is 1. The van der Waals surface area contributed by atoms with E-state index in [1.807, 2.05) is 13.8 Å². The van der Waals surface area contributed by atoms with E-state index in [2.05, 4.69) is 4.99 Å². The molecule has 0 aliphatic rings. The predicted molar refractivity (Wildman–Crippen MR) is 142 cm³/mol. The monoisotopic (exact) mass is 516 g/mol. The lowest BCUT2D eigenvalue weighted by molar-refractivity contribution is 0.554. The second kappa shape index (κ2) is 11.2. The smallest absolute Gasteiger partial charge is 0.163 e. The maximum Gasteiger partial charge on any atom is 0.163 e. The van der Waals surface area contributed by atoms with E-state index in [1.165, 1.54) is 84.9 Å². The minimum atomic E-state index is -0.874. The summed E-state index contributed by atoms with van der Waals surface area (Å²) in [4.78, 5) is 14.0. The van der Waals surface area contributed by atoms with E-state index in [9.17, 15) is 17.6 Å². The first kappa shape index (κ1) is 26.5. The second-order valence-corrected chi connectivity index (χ2v) is 8.95. The summed E-state index contributed by atoms with van der Waals surface area (Å²) in [6, 6.07) is 22.5. The zero-order valence-electron chi connectivity index (χ0n) is 20.7. The van der Waals surface area contributed by atoms with Gasteiger partial charge in [-0.15, -0.1) is 0 Å². The summed E-state index contributed by atoms with van der Waals surface area (Å²) in [5.41, 5.74) is 7.44. The Morgan fingerprint density at radius 1 is 0.526 bits per heavy atom. The highest BCUT2D eigenvalue weighted by Gasteiger charge is 2.22. The molecule has 0 spiro atoms. The molecule has 0 unspecified atom stereocenters. The molecule has 4 rings (SSSR count). The molecule has 0 heterocycles. The molecule has 4 aromatic carbocycles. The Bertz CT molecular complexity index is 1490. The lowest BCUT2D eigenvalue weighted by Crippen LogP contribution is -2.19. The van der Waals surface area contributed by atoms with Crippen molar-refractivity contribution < 1.29 is 17.6 Å². The average molecular weight is 517 g/mol. The second-order valence-electron chi connectivity index (χ2n) is 8.95. The maximum absolute atomic E-state index is 13.7. The minimum absolute atomic E-state index is 0.0457. The van der Waals surface area contributed by atoms with E-state index < -0.39 is 23.0 Å². The van der Waals surface area contributed by atoms with E-state index in [1.54, 1.807) is 12.1 Å². The summed E-state index contributed by atoms with van der Waals surface area (Å²) in [6.45, 7) is 3.65. The molecular weight excluding hydrogens is 492 g/mol. The van der Waals surface area contributed by atoms with E-state index in [0.717, 1.165) is 0 Å². The number of rotatable bonds is 5. The number of nitrogens with two attached hydrogens (primary N) is 1. The van der Waals surface area contributed by atoms with Crippen LogP contribution in [0, 0.1) is 23.3 Å². The van der Waals surface area contributed by atoms with Crippen LogP contribution in [0.1, 0.15) is 36.1 Å². The highest BCUT2D eigenvalue weighted by atomic mass is 19.1. The zero-order valence-corrected chi connectivity index (χ0v) is 20.7. The fraction of sp³-hybridized carbons (Fsp3) is 0.100. The quantitative estimate of drug-likeness (QED) is 0.177. The molecule has 4 nitrogen and oxygen atoms in total. The van der Waals surface area contributed by atoms with Gasteiger partial charge in [0.25, 0.3) is 0 Å². The van der Waals surface area contributed by atoms with Gasteiger partial charge in [-0.1, -0.05) is 12.1 Å². The number of aliphatic imine (C=N–C) groups is 3. The number of benzene rings is 4. The Hall–Kier alpha value is -4.59. The third-order valence-corrected chi connectivity index (χ3v) is 5.72. The highest BCUT2D eigenvalue weighted by molar-refractivity contribution is 6.16. The lowest BCUT2D eigenvalue weighted by atomic mass is 9.95. The molecule has 2 N–H and O–H groups in total. The molecule has 0 bridgehead atoms. The fourth-order valence-corrected chi connectivity index (χ4v) is 3.59. The summed E-state index contributed by atoms with van der Waals surface area (Å²) in [7, 11) is 0. The van der Waals surface area contributed by atoms with Crippen LogP contribution >= 0.6 is 0 Å². The Morgan fingerprint density at radius 3 is 1.34 bits per heavy atom. The maximum atomic E-state index is 13.7. The van der Waals surface area contributed by atoms with Crippen LogP contribution in [0.3, 0.4) is 0 Å². The fourth-order valence-electron chi connectivity index (χ4n) is 3.59. The van der Waals surface area contributed by atoms with Crippen molar-refractivity contribution in [1.82, 2.24) is 0 Å². The van der Waals surface area contributed by atoms with Gasteiger partial charge in [-0.3, -0.25) is 4.99 Å². The Kier molecular flexibility index (Phi) is 7.81. The predicted octanol–water partition coefficient (Wildman–Crippen LogP) is 6.78. The van der Waals surface area contributed by atoms with E-state index >= 15 is 0 Å². The highest BCUT2D eigenvalue weighted by Crippen LogP contribution is 2.27. The first-order valence-corrected chi connectivity index (χ1v) is 11.7. The van der Waals surface area contributed by atoms with Gasteiger partial charge in [0.05, 0.1) is 5.54 Å². The Balaban J connectivity index is 1.90. The topological polar surface area (TPSA) is 63.1 Å². The number of hydrogen-bond acceptors (Lipinski definition) is 1. The van der Waals surface area contributed by atoms with Crippen LogP contribution in [0.5, 0.6) is 0 Å². The Labute approximate surface area is 217 Å². The summed E-state index contributed by atoms with van der Waals surface area (Å²) < 4.78 is 54.4. The summed E-state index contributed by atoms with van der Waals surface area (Å²) in [5.74, 6) is -1.36. The molecule has 38 heavy (non-hydrogen) atoms. The van der Waals surface area contributed by atoms with Gasteiger partial charge in [-0.2, -0.15) is 0 Å². The lowest BCUT2D eigenvalue weighted by Gasteiger charge is -2.22. The molecule has 4 aromatic rings. The zero-order chi connectivity index (χ0) is 27.3. The standard InChI is InChI=1S/C30H24F4N4/c1-30(2,22-9-17-26(34)18-10-22)38-29(21-7-15-25(33)16-8-21)37-28(20-5-13-24(32)14-6-20)36-27(35)19-3-11-23(31)12-4-19/h3-18H,1-2H3,(H2,35,36,37,38). The largest absolute Gasteiger partial charge is 0.383 e. The molecule has 0 aliphatic heterocycles. The molecule has 0 fully saturated rings. The van der Waals surface area contributed by atoms with Crippen LogP contribution in [-0.4, -0.2) is 17.5 Å².